The van der Waals surface area contributed by atoms with Crippen molar-refractivity contribution < 1.29 is 8.42 Å². The van der Waals surface area contributed by atoms with E-state index in [4.69, 9.17) is 0 Å². The number of H-pyrrole nitrogens is 1. The fourth-order valence-electron chi connectivity index (χ4n) is 2.26. The molecule has 2 rings (SSSR count). The average molecular weight is 300 g/mol. The van der Waals surface area contributed by atoms with Gasteiger partial charge in [0.2, 0.25) is 0 Å². The normalized spacial score (nSPS) is 22.4. The van der Waals surface area contributed by atoms with Crippen molar-refractivity contribution in [2.75, 3.05) is 0 Å². The number of hydrogen-bond donors (Lipinski definition) is 3. The van der Waals surface area contributed by atoms with Crippen LogP contribution in [0.15, 0.2) is 5.03 Å². The van der Waals surface area contributed by atoms with E-state index in [0.29, 0.717) is 18.5 Å². The van der Waals surface area contributed by atoms with Gasteiger partial charge in [0.25, 0.3) is 10.0 Å². The summed E-state index contributed by atoms with van der Waals surface area (Å²) in [6.07, 6.45) is 1.94. The van der Waals surface area contributed by atoms with Gasteiger partial charge in [-0.05, 0) is 19.3 Å². The molecular formula is C13H24N4O2S. The van der Waals surface area contributed by atoms with Crippen LogP contribution in [0.1, 0.15) is 44.9 Å². The van der Waals surface area contributed by atoms with Gasteiger partial charge >= 0.3 is 0 Å². The monoisotopic (exact) mass is 300 g/mol. The van der Waals surface area contributed by atoms with Gasteiger partial charge in [-0.15, -0.1) is 0 Å². The fraction of sp³-hybridized carbons (Fsp3) is 0.769. The van der Waals surface area contributed by atoms with Crippen LogP contribution >= 0.6 is 0 Å². The largest absolute Gasteiger partial charge is 0.310 e. The predicted octanol–water partition coefficient (Wildman–Crippen LogP) is 1.29. The van der Waals surface area contributed by atoms with Gasteiger partial charge in [0.1, 0.15) is 0 Å². The zero-order valence-electron chi connectivity index (χ0n) is 12.5. The van der Waals surface area contributed by atoms with E-state index >= 15 is 0 Å². The molecule has 1 fully saturated rings. The van der Waals surface area contributed by atoms with Crippen molar-refractivity contribution in [1.82, 2.24) is 20.2 Å². The molecule has 7 heteroatoms. The number of aromatic nitrogens is 2. The topological polar surface area (TPSA) is 86.9 Å². The average Bonchev–Trinajstić information content (AvgIpc) is 2.98. The van der Waals surface area contributed by atoms with E-state index in [1.54, 1.807) is 0 Å². The van der Waals surface area contributed by atoms with Crippen molar-refractivity contribution in [2.45, 2.75) is 64.2 Å². The molecule has 1 aliphatic carbocycles. The number of hydrogen-bond acceptors (Lipinski definition) is 4. The Morgan fingerprint density at radius 2 is 2.15 bits per heavy atom. The van der Waals surface area contributed by atoms with Crippen molar-refractivity contribution in [3.8, 4) is 0 Å². The molecule has 2 atom stereocenters. The van der Waals surface area contributed by atoms with Gasteiger partial charge in [0, 0.05) is 29.9 Å². The van der Waals surface area contributed by atoms with E-state index in [9.17, 15) is 8.42 Å². The van der Waals surface area contributed by atoms with Crippen LogP contribution in [0.25, 0.3) is 0 Å². The third-order valence-electron chi connectivity index (χ3n) is 3.73. The zero-order chi connectivity index (χ0) is 14.9. The Kier molecular flexibility index (Phi) is 4.51. The summed E-state index contributed by atoms with van der Waals surface area (Å²) in [5.74, 6) is 0.474. The second-order valence-electron chi connectivity index (χ2n) is 5.80. The summed E-state index contributed by atoms with van der Waals surface area (Å²) in [5.41, 5.74) is 1.52. The highest BCUT2D eigenvalue weighted by Crippen LogP contribution is 2.34. The lowest BCUT2D eigenvalue weighted by molar-refractivity contribution is 0.560. The number of nitrogens with one attached hydrogen (secondary N) is 3. The molecular weight excluding hydrogens is 276 g/mol. The molecule has 1 saturated carbocycles. The molecule has 0 spiro atoms. The van der Waals surface area contributed by atoms with Crippen LogP contribution in [-0.4, -0.2) is 30.7 Å². The standard InChI is InChI=1S/C13H24N4O2S/c1-5-10-6-12(10)17-20(18,19)13-11(7-14-8(2)3)9(4)15-16-13/h8,10,12,14,17H,5-7H2,1-4H3,(H,15,16). The third kappa shape index (κ3) is 3.39. The molecule has 0 amide bonds. The van der Waals surface area contributed by atoms with Crippen molar-refractivity contribution in [2.24, 2.45) is 5.92 Å². The Labute approximate surface area is 120 Å². The van der Waals surface area contributed by atoms with Crippen molar-refractivity contribution >= 4 is 10.0 Å². The second kappa shape index (κ2) is 5.83. The molecule has 0 aliphatic heterocycles. The Morgan fingerprint density at radius 1 is 1.45 bits per heavy atom. The zero-order valence-corrected chi connectivity index (χ0v) is 13.3. The molecule has 0 bridgehead atoms. The van der Waals surface area contributed by atoms with Gasteiger partial charge in [-0.2, -0.15) is 5.10 Å². The highest BCUT2D eigenvalue weighted by molar-refractivity contribution is 7.89. The lowest BCUT2D eigenvalue weighted by atomic mass is 10.2. The summed E-state index contributed by atoms with van der Waals surface area (Å²) >= 11 is 0. The van der Waals surface area contributed by atoms with Crippen LogP contribution in [0, 0.1) is 12.8 Å². The van der Waals surface area contributed by atoms with E-state index in [1.807, 2.05) is 20.8 Å². The minimum absolute atomic E-state index is 0.0768. The first kappa shape index (κ1) is 15.5. The Hall–Kier alpha value is -0.920. The first-order chi connectivity index (χ1) is 9.35. The molecule has 1 aliphatic rings. The summed E-state index contributed by atoms with van der Waals surface area (Å²) in [5, 5.41) is 10.1. The summed E-state index contributed by atoms with van der Waals surface area (Å²) in [6, 6.07) is 0.369. The second-order valence-corrected chi connectivity index (χ2v) is 7.43. The van der Waals surface area contributed by atoms with Crippen LogP contribution in [0.2, 0.25) is 0 Å². The number of sulfonamides is 1. The predicted molar refractivity (Wildman–Crippen MR) is 77.8 cm³/mol. The quantitative estimate of drug-likeness (QED) is 0.708. The van der Waals surface area contributed by atoms with E-state index in [-0.39, 0.29) is 11.1 Å². The van der Waals surface area contributed by atoms with Crippen molar-refractivity contribution in [3.05, 3.63) is 11.3 Å². The molecule has 3 N–H and O–H groups in total. The highest BCUT2D eigenvalue weighted by Gasteiger charge is 2.39. The van der Waals surface area contributed by atoms with Crippen molar-refractivity contribution in [3.63, 3.8) is 0 Å². The van der Waals surface area contributed by atoms with Crippen LogP contribution in [0.4, 0.5) is 0 Å². The van der Waals surface area contributed by atoms with E-state index < -0.39 is 10.0 Å². The number of aryl methyl sites for hydroxylation is 1. The van der Waals surface area contributed by atoms with Gasteiger partial charge in [0.05, 0.1) is 0 Å². The smallest absolute Gasteiger partial charge is 0.260 e. The minimum atomic E-state index is -3.53. The lowest BCUT2D eigenvalue weighted by Gasteiger charge is -2.10. The highest BCUT2D eigenvalue weighted by atomic mass is 32.2. The van der Waals surface area contributed by atoms with Gasteiger partial charge in [-0.3, -0.25) is 5.10 Å². The van der Waals surface area contributed by atoms with Crippen LogP contribution < -0.4 is 10.0 Å². The Morgan fingerprint density at radius 3 is 2.70 bits per heavy atom. The molecule has 114 valence electrons. The van der Waals surface area contributed by atoms with Crippen LogP contribution in [0.5, 0.6) is 0 Å². The van der Waals surface area contributed by atoms with Crippen LogP contribution in [0.3, 0.4) is 0 Å². The SMILES string of the molecule is CCC1CC1NS(=O)(=O)c1n[nH]c(C)c1CNC(C)C. The molecule has 1 heterocycles. The molecule has 1 aromatic heterocycles. The van der Waals surface area contributed by atoms with Gasteiger partial charge in [-0.25, -0.2) is 13.1 Å². The summed E-state index contributed by atoms with van der Waals surface area (Å²) in [7, 11) is -3.53. The van der Waals surface area contributed by atoms with Gasteiger partial charge in [0.15, 0.2) is 5.03 Å². The fourth-order valence-corrected chi connectivity index (χ4v) is 3.78. The number of aromatic amines is 1. The minimum Gasteiger partial charge on any atom is -0.310 e. The summed E-state index contributed by atoms with van der Waals surface area (Å²) in [4.78, 5) is 0. The molecule has 1 aromatic rings. The molecule has 0 radical (unpaired) electrons. The molecule has 0 aromatic carbocycles. The third-order valence-corrected chi connectivity index (χ3v) is 5.19. The first-order valence-corrected chi connectivity index (χ1v) is 8.63. The maximum absolute atomic E-state index is 12.4. The maximum atomic E-state index is 12.4. The molecule has 6 nitrogen and oxygen atoms in total. The Bertz CT molecular complexity index is 565. The van der Waals surface area contributed by atoms with E-state index in [1.165, 1.54) is 0 Å². The Balaban J connectivity index is 2.15. The van der Waals surface area contributed by atoms with Crippen LogP contribution in [-0.2, 0) is 16.6 Å². The molecule has 0 saturated heterocycles. The lowest BCUT2D eigenvalue weighted by Crippen LogP contribution is -2.29. The van der Waals surface area contributed by atoms with E-state index in [0.717, 1.165) is 24.1 Å². The van der Waals surface area contributed by atoms with Gasteiger partial charge < -0.3 is 5.32 Å². The summed E-state index contributed by atoms with van der Waals surface area (Å²) < 4.78 is 27.6. The van der Waals surface area contributed by atoms with Gasteiger partial charge in [-0.1, -0.05) is 27.2 Å². The number of rotatable bonds is 7. The number of nitrogens with zero attached hydrogens (tertiary/aromatic N) is 1. The maximum Gasteiger partial charge on any atom is 0.260 e. The first-order valence-electron chi connectivity index (χ1n) is 7.14. The molecule has 2 unspecified atom stereocenters. The van der Waals surface area contributed by atoms with E-state index in [2.05, 4.69) is 27.2 Å². The summed E-state index contributed by atoms with van der Waals surface area (Å²) in [6.45, 7) is 8.47. The van der Waals surface area contributed by atoms with Crippen molar-refractivity contribution in [1.29, 1.82) is 0 Å². The molecule has 20 heavy (non-hydrogen) atoms.